The minimum absolute atomic E-state index is 0.0489. The van der Waals surface area contributed by atoms with Gasteiger partial charge in [-0.3, -0.25) is 9.79 Å². The average molecular weight is 269 g/mol. The van der Waals surface area contributed by atoms with E-state index in [1.54, 1.807) is 18.3 Å². The Balaban J connectivity index is 1.85. The number of hydrogen-bond donors (Lipinski definition) is 0. The van der Waals surface area contributed by atoms with Crippen LogP contribution < -0.4 is 0 Å². The van der Waals surface area contributed by atoms with E-state index >= 15 is 0 Å². The lowest BCUT2D eigenvalue weighted by molar-refractivity contribution is 0.100. The maximum absolute atomic E-state index is 12.7. The monoisotopic (exact) mass is 269 g/mol. The molecule has 20 heavy (non-hydrogen) atoms. The van der Waals surface area contributed by atoms with Gasteiger partial charge in [0.25, 0.3) is 0 Å². The number of ketones is 1. The number of benzene rings is 2. The van der Waals surface area contributed by atoms with Gasteiger partial charge in [-0.05, 0) is 24.6 Å². The Hall–Kier alpha value is -2.29. The van der Waals surface area contributed by atoms with Crippen molar-refractivity contribution in [1.82, 2.24) is 0 Å². The fraction of sp³-hybridized carbons (Fsp3) is 0.176. The molecule has 2 aromatic carbocycles. The Morgan fingerprint density at radius 2 is 1.75 bits per heavy atom. The maximum Gasteiger partial charge on any atom is 0.168 e. The smallest absolute Gasteiger partial charge is 0.168 e. The molecule has 0 N–H and O–H groups in total. The molecule has 3 heteroatoms. The first-order valence-electron chi connectivity index (χ1n) is 6.48. The molecule has 0 spiro atoms. The Kier molecular flexibility index (Phi) is 4.77. The summed E-state index contributed by atoms with van der Waals surface area (Å²) in [5.41, 5.74) is 2.75. The highest BCUT2D eigenvalue weighted by Gasteiger charge is 2.02. The second-order valence-corrected chi connectivity index (χ2v) is 4.64. The Morgan fingerprint density at radius 1 is 1.10 bits per heavy atom. The number of aryl methyl sites for hydroxylation is 1. The standard InChI is InChI=1S/C17H16FNO/c1-13-2-6-15(7-3-13)17(20)10-11-19-12-14-4-8-16(18)9-5-14/h2-9,11H,10,12H2,1H3. The van der Waals surface area contributed by atoms with Gasteiger partial charge in [0.15, 0.2) is 5.78 Å². The van der Waals surface area contributed by atoms with Crippen LogP contribution in [0.5, 0.6) is 0 Å². The molecule has 0 atom stereocenters. The van der Waals surface area contributed by atoms with Gasteiger partial charge in [-0.2, -0.15) is 0 Å². The molecule has 2 rings (SSSR count). The molecule has 0 saturated heterocycles. The van der Waals surface area contributed by atoms with Gasteiger partial charge < -0.3 is 0 Å². The second-order valence-electron chi connectivity index (χ2n) is 4.64. The molecular formula is C17H16FNO. The van der Waals surface area contributed by atoms with Gasteiger partial charge in [0.1, 0.15) is 5.82 Å². The average Bonchev–Trinajstić information content (AvgIpc) is 2.46. The Bertz CT molecular complexity index is 600. The molecule has 0 aromatic heterocycles. The van der Waals surface area contributed by atoms with Crippen LogP contribution in [-0.4, -0.2) is 12.0 Å². The number of aliphatic imine (C=N–C) groups is 1. The predicted molar refractivity (Wildman–Crippen MR) is 78.7 cm³/mol. The van der Waals surface area contributed by atoms with E-state index in [2.05, 4.69) is 4.99 Å². The van der Waals surface area contributed by atoms with Gasteiger partial charge in [0.05, 0.1) is 6.54 Å². The van der Waals surface area contributed by atoms with E-state index in [-0.39, 0.29) is 18.0 Å². The molecule has 102 valence electrons. The van der Waals surface area contributed by atoms with Crippen LogP contribution in [0.4, 0.5) is 4.39 Å². The van der Waals surface area contributed by atoms with Gasteiger partial charge >= 0.3 is 0 Å². The number of carbonyl (C=O) groups is 1. The molecular weight excluding hydrogens is 253 g/mol. The van der Waals surface area contributed by atoms with E-state index in [0.717, 1.165) is 11.1 Å². The topological polar surface area (TPSA) is 29.4 Å². The van der Waals surface area contributed by atoms with Crippen LogP contribution in [0.3, 0.4) is 0 Å². The molecule has 0 aliphatic heterocycles. The highest BCUT2D eigenvalue weighted by Crippen LogP contribution is 2.06. The first kappa shape index (κ1) is 14.1. The molecule has 0 saturated carbocycles. The van der Waals surface area contributed by atoms with Crippen LogP contribution in [0.15, 0.2) is 53.5 Å². The van der Waals surface area contributed by atoms with Crippen molar-refractivity contribution in [2.45, 2.75) is 19.9 Å². The molecule has 0 amide bonds. The van der Waals surface area contributed by atoms with Crippen LogP contribution in [0.2, 0.25) is 0 Å². The predicted octanol–water partition coefficient (Wildman–Crippen LogP) is 3.98. The van der Waals surface area contributed by atoms with Crippen molar-refractivity contribution in [2.24, 2.45) is 4.99 Å². The lowest BCUT2D eigenvalue weighted by Gasteiger charge is -1.98. The summed E-state index contributed by atoms with van der Waals surface area (Å²) < 4.78 is 12.7. The molecule has 0 radical (unpaired) electrons. The number of Topliss-reactive ketones (excluding diaryl/α,β-unsaturated/α-hetero) is 1. The van der Waals surface area contributed by atoms with Gasteiger partial charge in [0, 0.05) is 18.2 Å². The fourth-order valence-electron chi connectivity index (χ4n) is 1.76. The summed E-state index contributed by atoms with van der Waals surface area (Å²) in [5.74, 6) is -0.208. The minimum Gasteiger partial charge on any atom is -0.294 e. The summed E-state index contributed by atoms with van der Waals surface area (Å²) in [6.07, 6.45) is 1.90. The van der Waals surface area contributed by atoms with Gasteiger partial charge in [-0.1, -0.05) is 42.0 Å². The molecule has 0 aliphatic rings. The lowest BCUT2D eigenvalue weighted by Crippen LogP contribution is -1.99. The summed E-state index contributed by atoms with van der Waals surface area (Å²) in [5, 5.41) is 0. The third kappa shape index (κ3) is 4.12. The van der Waals surface area contributed by atoms with Crippen LogP contribution in [-0.2, 0) is 6.54 Å². The third-order valence-corrected chi connectivity index (χ3v) is 2.97. The first-order valence-corrected chi connectivity index (χ1v) is 6.48. The van der Waals surface area contributed by atoms with Crippen molar-refractivity contribution in [3.63, 3.8) is 0 Å². The van der Waals surface area contributed by atoms with Crippen LogP contribution in [0.25, 0.3) is 0 Å². The van der Waals surface area contributed by atoms with Crippen LogP contribution >= 0.6 is 0 Å². The van der Waals surface area contributed by atoms with Crippen molar-refractivity contribution >= 4 is 12.0 Å². The summed E-state index contributed by atoms with van der Waals surface area (Å²) in [7, 11) is 0. The molecule has 2 nitrogen and oxygen atoms in total. The zero-order chi connectivity index (χ0) is 14.4. The zero-order valence-corrected chi connectivity index (χ0v) is 11.3. The SMILES string of the molecule is Cc1ccc(C(=O)CC=NCc2ccc(F)cc2)cc1. The van der Waals surface area contributed by atoms with E-state index in [9.17, 15) is 9.18 Å². The second kappa shape index (κ2) is 6.75. The Labute approximate surface area is 118 Å². The summed E-state index contributed by atoms with van der Waals surface area (Å²) in [6.45, 7) is 2.44. The van der Waals surface area contributed by atoms with Crippen molar-refractivity contribution < 1.29 is 9.18 Å². The zero-order valence-electron chi connectivity index (χ0n) is 11.3. The number of rotatable bonds is 5. The summed E-state index contributed by atoms with van der Waals surface area (Å²) in [6, 6.07) is 13.7. The number of hydrogen-bond acceptors (Lipinski definition) is 2. The molecule has 0 unspecified atom stereocenters. The van der Waals surface area contributed by atoms with Crippen molar-refractivity contribution in [2.75, 3.05) is 0 Å². The Morgan fingerprint density at radius 3 is 2.40 bits per heavy atom. The van der Waals surface area contributed by atoms with Gasteiger partial charge in [-0.15, -0.1) is 0 Å². The summed E-state index contributed by atoms with van der Waals surface area (Å²) >= 11 is 0. The lowest BCUT2D eigenvalue weighted by atomic mass is 10.1. The normalized spacial score (nSPS) is 10.9. The molecule has 0 fully saturated rings. The van der Waals surface area contributed by atoms with Crippen molar-refractivity contribution in [3.8, 4) is 0 Å². The quantitative estimate of drug-likeness (QED) is 0.596. The largest absolute Gasteiger partial charge is 0.294 e. The van der Waals surface area contributed by atoms with Gasteiger partial charge in [0.2, 0.25) is 0 Å². The fourth-order valence-corrected chi connectivity index (χ4v) is 1.76. The molecule has 0 bridgehead atoms. The summed E-state index contributed by atoms with van der Waals surface area (Å²) in [4.78, 5) is 16.1. The van der Waals surface area contributed by atoms with Gasteiger partial charge in [-0.25, -0.2) is 4.39 Å². The molecule has 2 aromatic rings. The van der Waals surface area contributed by atoms with E-state index < -0.39 is 0 Å². The van der Waals surface area contributed by atoms with E-state index in [0.29, 0.717) is 12.1 Å². The first-order chi connectivity index (χ1) is 9.65. The number of nitrogens with zero attached hydrogens (tertiary/aromatic N) is 1. The molecule has 0 aliphatic carbocycles. The minimum atomic E-state index is -0.257. The highest BCUT2D eigenvalue weighted by atomic mass is 19.1. The van der Waals surface area contributed by atoms with Crippen molar-refractivity contribution in [1.29, 1.82) is 0 Å². The van der Waals surface area contributed by atoms with Crippen LogP contribution in [0, 0.1) is 12.7 Å². The molecule has 0 heterocycles. The third-order valence-electron chi connectivity index (χ3n) is 2.97. The van der Waals surface area contributed by atoms with Crippen molar-refractivity contribution in [3.05, 3.63) is 71.0 Å². The van der Waals surface area contributed by atoms with E-state index in [1.807, 2.05) is 31.2 Å². The van der Waals surface area contributed by atoms with E-state index in [4.69, 9.17) is 0 Å². The maximum atomic E-state index is 12.7. The number of carbonyl (C=O) groups excluding carboxylic acids is 1. The van der Waals surface area contributed by atoms with Crippen LogP contribution in [0.1, 0.15) is 27.9 Å². The van der Waals surface area contributed by atoms with E-state index in [1.165, 1.54) is 12.1 Å². The number of halogens is 1. The highest BCUT2D eigenvalue weighted by molar-refractivity contribution is 6.03.